The molecule has 3 heteroatoms. The molecule has 3 nitrogen and oxygen atoms in total. The number of hydrogen-bond donors (Lipinski definition) is 2. The fourth-order valence-electron chi connectivity index (χ4n) is 1.95. The normalized spacial score (nSPS) is 12.3. The molecule has 100 valence electrons. The van der Waals surface area contributed by atoms with Crippen molar-refractivity contribution in [1.29, 1.82) is 0 Å². The molecule has 0 aliphatic rings. The number of rotatable bonds is 8. The lowest BCUT2D eigenvalue weighted by Gasteiger charge is -2.09. The van der Waals surface area contributed by atoms with Crippen molar-refractivity contribution in [3.05, 3.63) is 35.4 Å². The first-order valence-electron chi connectivity index (χ1n) is 6.62. The van der Waals surface area contributed by atoms with Gasteiger partial charge < -0.3 is 10.2 Å². The number of carboxylic acid groups (broad SMARTS) is 1. The molecule has 0 aliphatic heterocycles. The molecular weight excluding hydrogens is 228 g/mol. The Bertz CT molecular complexity index is 357. The van der Waals surface area contributed by atoms with E-state index < -0.39 is 12.1 Å². The Balaban J connectivity index is 2.44. The highest BCUT2D eigenvalue weighted by Crippen LogP contribution is 2.18. The second-order valence-electron chi connectivity index (χ2n) is 4.67. The third kappa shape index (κ3) is 5.32. The lowest BCUT2D eigenvalue weighted by Crippen LogP contribution is -2.05. The van der Waals surface area contributed by atoms with Crippen LogP contribution < -0.4 is 0 Å². The van der Waals surface area contributed by atoms with Gasteiger partial charge >= 0.3 is 5.97 Å². The molecule has 0 bridgehead atoms. The summed E-state index contributed by atoms with van der Waals surface area (Å²) in [4.78, 5) is 10.5. The lowest BCUT2D eigenvalue weighted by molar-refractivity contribution is -0.139. The molecule has 1 unspecified atom stereocenters. The molecule has 0 aromatic heterocycles. The van der Waals surface area contributed by atoms with Crippen LogP contribution in [0.3, 0.4) is 0 Å². The Kier molecular flexibility index (Phi) is 6.44. The van der Waals surface area contributed by atoms with Crippen molar-refractivity contribution < 1.29 is 15.0 Å². The van der Waals surface area contributed by atoms with Crippen LogP contribution in [-0.4, -0.2) is 16.2 Å². The predicted molar refractivity (Wildman–Crippen MR) is 71.5 cm³/mol. The highest BCUT2D eigenvalue weighted by Gasteiger charge is 2.11. The van der Waals surface area contributed by atoms with Crippen LogP contribution in [0.5, 0.6) is 0 Å². The SMILES string of the molecule is CCCCCCc1ccc(C(O)CC(=O)O)cc1. The molecule has 1 atom stereocenters. The third-order valence-corrected chi connectivity index (χ3v) is 3.05. The Morgan fingerprint density at radius 1 is 1.17 bits per heavy atom. The zero-order chi connectivity index (χ0) is 13.4. The first-order chi connectivity index (χ1) is 8.63. The fraction of sp³-hybridized carbons (Fsp3) is 0.533. The van der Waals surface area contributed by atoms with Gasteiger partial charge in [0.1, 0.15) is 0 Å². The van der Waals surface area contributed by atoms with Crippen LogP contribution in [0.25, 0.3) is 0 Å². The number of aliphatic hydroxyl groups is 1. The van der Waals surface area contributed by atoms with Gasteiger partial charge in [-0.15, -0.1) is 0 Å². The van der Waals surface area contributed by atoms with Crippen LogP contribution in [0.4, 0.5) is 0 Å². The van der Waals surface area contributed by atoms with E-state index in [-0.39, 0.29) is 6.42 Å². The molecule has 1 aromatic carbocycles. The predicted octanol–water partition coefficient (Wildman–Crippen LogP) is 3.32. The summed E-state index contributed by atoms with van der Waals surface area (Å²) in [6.07, 6.45) is 4.85. The number of benzene rings is 1. The van der Waals surface area contributed by atoms with Crippen LogP contribution in [-0.2, 0) is 11.2 Å². The fourth-order valence-corrected chi connectivity index (χ4v) is 1.95. The largest absolute Gasteiger partial charge is 0.481 e. The van der Waals surface area contributed by atoms with E-state index in [0.29, 0.717) is 5.56 Å². The van der Waals surface area contributed by atoms with Crippen LogP contribution in [0.1, 0.15) is 56.3 Å². The first-order valence-corrected chi connectivity index (χ1v) is 6.62. The van der Waals surface area contributed by atoms with E-state index in [1.54, 1.807) is 0 Å². The van der Waals surface area contributed by atoms with E-state index in [0.717, 1.165) is 6.42 Å². The van der Waals surface area contributed by atoms with Gasteiger partial charge in [0.2, 0.25) is 0 Å². The summed E-state index contributed by atoms with van der Waals surface area (Å²) in [7, 11) is 0. The van der Waals surface area contributed by atoms with Gasteiger partial charge in [0, 0.05) is 0 Å². The van der Waals surface area contributed by atoms with Gasteiger partial charge in [0.25, 0.3) is 0 Å². The highest BCUT2D eigenvalue weighted by atomic mass is 16.4. The third-order valence-electron chi connectivity index (χ3n) is 3.05. The van der Waals surface area contributed by atoms with E-state index in [1.165, 1.54) is 31.2 Å². The van der Waals surface area contributed by atoms with Crippen molar-refractivity contribution in [3.63, 3.8) is 0 Å². The molecule has 18 heavy (non-hydrogen) atoms. The summed E-state index contributed by atoms with van der Waals surface area (Å²) >= 11 is 0. The summed E-state index contributed by atoms with van der Waals surface area (Å²) < 4.78 is 0. The maximum Gasteiger partial charge on any atom is 0.306 e. The Morgan fingerprint density at radius 2 is 1.83 bits per heavy atom. The smallest absolute Gasteiger partial charge is 0.306 e. The maximum absolute atomic E-state index is 10.5. The molecule has 0 amide bonds. The number of aryl methyl sites for hydroxylation is 1. The number of carboxylic acids is 1. The Labute approximate surface area is 108 Å². The van der Waals surface area contributed by atoms with Crippen LogP contribution in [0.2, 0.25) is 0 Å². The van der Waals surface area contributed by atoms with Crippen molar-refractivity contribution >= 4 is 5.97 Å². The molecular formula is C15H22O3. The van der Waals surface area contributed by atoms with Crippen LogP contribution >= 0.6 is 0 Å². The maximum atomic E-state index is 10.5. The van der Waals surface area contributed by atoms with Crippen molar-refractivity contribution in [2.24, 2.45) is 0 Å². The number of aliphatic carboxylic acids is 1. The average Bonchev–Trinajstić information content (AvgIpc) is 2.34. The van der Waals surface area contributed by atoms with Gasteiger partial charge in [0.15, 0.2) is 0 Å². The van der Waals surface area contributed by atoms with Gasteiger partial charge in [-0.1, -0.05) is 50.5 Å². The summed E-state index contributed by atoms with van der Waals surface area (Å²) in [5, 5.41) is 18.3. The molecule has 0 saturated heterocycles. The molecule has 2 N–H and O–H groups in total. The van der Waals surface area contributed by atoms with Crippen LogP contribution in [0, 0.1) is 0 Å². The number of hydrogen-bond acceptors (Lipinski definition) is 2. The van der Waals surface area contributed by atoms with E-state index in [4.69, 9.17) is 5.11 Å². The summed E-state index contributed by atoms with van der Waals surface area (Å²) in [6, 6.07) is 7.60. The minimum atomic E-state index is -0.980. The van der Waals surface area contributed by atoms with Gasteiger partial charge in [-0.25, -0.2) is 0 Å². The second-order valence-corrected chi connectivity index (χ2v) is 4.67. The minimum absolute atomic E-state index is 0.240. The van der Waals surface area contributed by atoms with E-state index in [1.807, 2.05) is 24.3 Å². The number of carbonyl (C=O) groups is 1. The topological polar surface area (TPSA) is 57.5 Å². The Hall–Kier alpha value is -1.35. The number of aliphatic hydroxyl groups excluding tert-OH is 1. The standard InChI is InChI=1S/C15H22O3/c1-2-3-4-5-6-12-7-9-13(10-8-12)14(16)11-15(17)18/h7-10,14,16H,2-6,11H2,1H3,(H,17,18). The quantitative estimate of drug-likeness (QED) is 0.696. The molecule has 0 fully saturated rings. The van der Waals surface area contributed by atoms with E-state index >= 15 is 0 Å². The zero-order valence-corrected chi connectivity index (χ0v) is 10.9. The van der Waals surface area contributed by atoms with E-state index in [9.17, 15) is 9.90 Å². The average molecular weight is 250 g/mol. The van der Waals surface area contributed by atoms with E-state index in [2.05, 4.69) is 6.92 Å². The molecule has 0 radical (unpaired) electrons. The highest BCUT2D eigenvalue weighted by molar-refractivity contribution is 5.67. The van der Waals surface area contributed by atoms with Gasteiger partial charge in [-0.3, -0.25) is 4.79 Å². The summed E-state index contributed by atoms with van der Waals surface area (Å²) in [5.74, 6) is -0.980. The van der Waals surface area contributed by atoms with Crippen molar-refractivity contribution in [3.8, 4) is 0 Å². The van der Waals surface area contributed by atoms with Crippen molar-refractivity contribution in [1.82, 2.24) is 0 Å². The molecule has 0 spiro atoms. The monoisotopic (exact) mass is 250 g/mol. The zero-order valence-electron chi connectivity index (χ0n) is 10.9. The van der Waals surface area contributed by atoms with Gasteiger partial charge in [-0.05, 0) is 24.0 Å². The first kappa shape index (κ1) is 14.7. The lowest BCUT2D eigenvalue weighted by atomic mass is 10.0. The molecule has 0 saturated carbocycles. The summed E-state index contributed by atoms with van der Waals surface area (Å²) in [5.41, 5.74) is 1.92. The molecule has 1 rings (SSSR count). The van der Waals surface area contributed by atoms with Crippen molar-refractivity contribution in [2.45, 2.75) is 51.6 Å². The minimum Gasteiger partial charge on any atom is -0.481 e. The van der Waals surface area contributed by atoms with Crippen molar-refractivity contribution in [2.75, 3.05) is 0 Å². The summed E-state index contributed by atoms with van der Waals surface area (Å²) in [6.45, 7) is 2.19. The molecule has 0 heterocycles. The number of unbranched alkanes of at least 4 members (excludes halogenated alkanes) is 3. The molecule has 1 aromatic rings. The molecule has 0 aliphatic carbocycles. The second kappa shape index (κ2) is 7.88. The van der Waals surface area contributed by atoms with Gasteiger partial charge in [-0.2, -0.15) is 0 Å². The Morgan fingerprint density at radius 3 is 2.39 bits per heavy atom. The van der Waals surface area contributed by atoms with Gasteiger partial charge in [0.05, 0.1) is 12.5 Å². The van der Waals surface area contributed by atoms with Crippen LogP contribution in [0.15, 0.2) is 24.3 Å².